The van der Waals surface area contributed by atoms with E-state index in [9.17, 15) is 0 Å². The van der Waals surface area contributed by atoms with Gasteiger partial charge in [0, 0.05) is 29.7 Å². The maximum Gasteiger partial charge on any atom is 0.139 e. The number of hydrogen-bond donors (Lipinski definition) is 2. The lowest BCUT2D eigenvalue weighted by Crippen LogP contribution is -2.05. The molecular weight excluding hydrogens is 719 g/mol. The van der Waals surface area contributed by atoms with E-state index in [-0.39, 0.29) is 0 Å². The fraction of sp³-hybridized carbons (Fsp3) is 0.0909. The first-order chi connectivity index (χ1) is 25.9. The first-order valence-corrected chi connectivity index (χ1v) is 18.2. The van der Waals surface area contributed by atoms with E-state index in [2.05, 4.69) is 73.8 Å². The summed E-state index contributed by atoms with van der Waals surface area (Å²) >= 11 is 18.8. The molecule has 264 valence electrons. The van der Waals surface area contributed by atoms with E-state index in [4.69, 9.17) is 40.5 Å². The van der Waals surface area contributed by atoms with Crippen LogP contribution in [0.2, 0.25) is 15.5 Å². The Hall–Kier alpha value is -5.37. The number of nitrogens with two attached hydrogens (primary N) is 1. The Morgan fingerprint density at radius 3 is 1.51 bits per heavy atom. The van der Waals surface area contributed by atoms with Gasteiger partial charge >= 0.3 is 0 Å². The van der Waals surface area contributed by atoms with Crippen LogP contribution in [0, 0.1) is 13.8 Å². The molecule has 4 heterocycles. The predicted molar refractivity (Wildman–Crippen MR) is 223 cm³/mol. The summed E-state index contributed by atoms with van der Waals surface area (Å²) in [6.45, 7) is 5.09. The molecule has 6 nitrogen and oxygen atoms in total. The van der Waals surface area contributed by atoms with Crippen molar-refractivity contribution < 1.29 is 0 Å². The molecule has 0 radical (unpaired) electrons. The molecule has 0 fully saturated rings. The minimum absolute atomic E-state index is 0.449. The van der Waals surface area contributed by atoms with E-state index in [1.165, 1.54) is 0 Å². The quantitative estimate of drug-likeness (QED) is 0.164. The number of aryl methyl sites for hydroxylation is 2. The smallest absolute Gasteiger partial charge is 0.139 e. The highest BCUT2D eigenvalue weighted by molar-refractivity contribution is 6.38. The average Bonchev–Trinajstić information content (AvgIpc) is 3.22. The SMILES string of the molecule is Cc1c(Cl)nc(Cl)c2c(-c3ccccc3)cccc12.Cc1c(Cl)nc(NCc2ccccn2)c2c(-c3ccccc3)cccc12.NCc1ccccn1. The normalized spacial score (nSPS) is 10.6. The lowest BCUT2D eigenvalue weighted by molar-refractivity contribution is 0.991. The predicted octanol–water partition coefficient (Wildman–Crippen LogP) is 11.9. The second kappa shape index (κ2) is 17.9. The van der Waals surface area contributed by atoms with Gasteiger partial charge in [0.05, 0.1) is 17.9 Å². The van der Waals surface area contributed by atoms with Gasteiger partial charge in [0.15, 0.2) is 0 Å². The van der Waals surface area contributed by atoms with Crippen molar-refractivity contribution in [2.45, 2.75) is 26.9 Å². The Kier molecular flexibility index (Phi) is 12.6. The van der Waals surface area contributed by atoms with Crippen LogP contribution >= 0.6 is 34.8 Å². The van der Waals surface area contributed by atoms with Crippen molar-refractivity contribution in [1.29, 1.82) is 0 Å². The number of aromatic nitrogens is 4. The highest BCUT2D eigenvalue weighted by atomic mass is 35.5. The molecule has 0 amide bonds. The van der Waals surface area contributed by atoms with Gasteiger partial charge in [-0.2, -0.15) is 0 Å². The first kappa shape index (κ1) is 37.4. The molecule has 0 aliphatic carbocycles. The third-order valence-corrected chi connectivity index (χ3v) is 9.68. The maximum absolute atomic E-state index is 6.41. The number of benzene rings is 4. The molecule has 4 aromatic carbocycles. The van der Waals surface area contributed by atoms with Gasteiger partial charge in [-0.1, -0.05) is 144 Å². The summed E-state index contributed by atoms with van der Waals surface area (Å²) in [5.74, 6) is 0.778. The summed E-state index contributed by atoms with van der Waals surface area (Å²) in [6, 6.07) is 44.5. The summed E-state index contributed by atoms with van der Waals surface area (Å²) in [7, 11) is 0. The van der Waals surface area contributed by atoms with Gasteiger partial charge in [0.2, 0.25) is 0 Å². The molecule has 0 aliphatic heterocycles. The third kappa shape index (κ3) is 8.99. The second-order valence-electron chi connectivity index (χ2n) is 12.1. The Balaban J connectivity index is 0.000000155. The van der Waals surface area contributed by atoms with Gasteiger partial charge in [-0.05, 0) is 82.3 Å². The molecule has 0 saturated heterocycles. The molecule has 0 atom stereocenters. The van der Waals surface area contributed by atoms with Crippen molar-refractivity contribution in [2.24, 2.45) is 5.73 Å². The molecule has 53 heavy (non-hydrogen) atoms. The third-order valence-electron chi connectivity index (χ3n) is 8.67. The number of hydrogen-bond acceptors (Lipinski definition) is 6. The van der Waals surface area contributed by atoms with E-state index in [1.54, 1.807) is 12.4 Å². The summed E-state index contributed by atoms with van der Waals surface area (Å²) < 4.78 is 0. The number of halogens is 3. The van der Waals surface area contributed by atoms with Crippen LogP contribution in [0.5, 0.6) is 0 Å². The summed E-state index contributed by atoms with van der Waals surface area (Å²) in [5.41, 5.74) is 13.6. The zero-order valence-electron chi connectivity index (χ0n) is 29.3. The van der Waals surface area contributed by atoms with E-state index < -0.39 is 0 Å². The fourth-order valence-corrected chi connectivity index (χ4v) is 6.64. The Morgan fingerprint density at radius 1 is 0.509 bits per heavy atom. The molecule has 0 saturated carbocycles. The van der Waals surface area contributed by atoms with Crippen LogP contribution in [0.25, 0.3) is 43.8 Å². The van der Waals surface area contributed by atoms with Gasteiger partial charge in [-0.15, -0.1) is 0 Å². The van der Waals surface area contributed by atoms with Crippen molar-refractivity contribution in [1.82, 2.24) is 19.9 Å². The van der Waals surface area contributed by atoms with Crippen LogP contribution in [0.15, 0.2) is 146 Å². The second-order valence-corrected chi connectivity index (χ2v) is 13.2. The van der Waals surface area contributed by atoms with Crippen LogP contribution in [0.3, 0.4) is 0 Å². The lowest BCUT2D eigenvalue weighted by atomic mass is 9.97. The van der Waals surface area contributed by atoms with Gasteiger partial charge in [0.1, 0.15) is 21.3 Å². The number of fused-ring (bicyclic) bond motifs is 2. The Bertz CT molecular complexity index is 2430. The molecule has 8 rings (SSSR count). The molecule has 8 aromatic rings. The Labute approximate surface area is 324 Å². The average molecular weight is 756 g/mol. The van der Waals surface area contributed by atoms with E-state index in [0.717, 1.165) is 72.1 Å². The lowest BCUT2D eigenvalue weighted by Gasteiger charge is -2.15. The van der Waals surface area contributed by atoms with Crippen molar-refractivity contribution in [3.63, 3.8) is 0 Å². The van der Waals surface area contributed by atoms with Gasteiger partial charge < -0.3 is 11.1 Å². The molecule has 3 N–H and O–H groups in total. The standard InChI is InChI=1S/C22H18ClN3.C16H11Cl2N.C6H8N2/c1-15-18-11-7-12-19(16-8-3-2-4-9-16)20(18)22(26-21(15)23)25-14-17-10-5-6-13-24-17;1-10-12-8-5-9-13(11-6-3-2-4-7-11)14(12)16(18)19-15(10)17;7-5-6-3-1-2-4-8-6/h2-13H,14H2,1H3,(H,25,26);2-9H,1H3;1-4H,5,7H2. The van der Waals surface area contributed by atoms with Crippen LogP contribution in [0.4, 0.5) is 5.82 Å². The van der Waals surface area contributed by atoms with Crippen LogP contribution in [-0.4, -0.2) is 19.9 Å². The van der Waals surface area contributed by atoms with E-state index >= 15 is 0 Å². The van der Waals surface area contributed by atoms with Crippen molar-refractivity contribution >= 4 is 62.2 Å². The van der Waals surface area contributed by atoms with Crippen molar-refractivity contribution in [2.75, 3.05) is 5.32 Å². The monoisotopic (exact) mass is 754 g/mol. The minimum Gasteiger partial charge on any atom is -0.364 e. The molecule has 0 aliphatic rings. The fourth-order valence-electron chi connectivity index (χ4n) is 5.93. The molecule has 4 aromatic heterocycles. The van der Waals surface area contributed by atoms with Gasteiger partial charge in [-0.3, -0.25) is 9.97 Å². The van der Waals surface area contributed by atoms with Crippen molar-refractivity contribution in [3.8, 4) is 22.3 Å². The highest BCUT2D eigenvalue weighted by Gasteiger charge is 2.15. The zero-order chi connectivity index (χ0) is 37.2. The topological polar surface area (TPSA) is 89.6 Å². The maximum atomic E-state index is 6.41. The molecule has 0 bridgehead atoms. The molecule has 0 unspecified atom stereocenters. The van der Waals surface area contributed by atoms with Crippen LogP contribution in [0.1, 0.15) is 22.5 Å². The van der Waals surface area contributed by atoms with Crippen LogP contribution < -0.4 is 11.1 Å². The summed E-state index contributed by atoms with van der Waals surface area (Å²) in [6.07, 6.45) is 3.53. The Morgan fingerprint density at radius 2 is 1.00 bits per heavy atom. The number of nitrogens with one attached hydrogen (secondary N) is 1. The number of rotatable bonds is 6. The molecule has 0 spiro atoms. The van der Waals surface area contributed by atoms with E-state index in [1.807, 2.05) is 98.8 Å². The number of nitrogens with zero attached hydrogens (tertiary/aromatic N) is 4. The highest BCUT2D eigenvalue weighted by Crippen LogP contribution is 2.38. The van der Waals surface area contributed by atoms with E-state index in [0.29, 0.717) is 28.5 Å². The van der Waals surface area contributed by atoms with Gasteiger partial charge in [-0.25, -0.2) is 9.97 Å². The van der Waals surface area contributed by atoms with Gasteiger partial charge in [0.25, 0.3) is 0 Å². The van der Waals surface area contributed by atoms with Crippen LogP contribution in [-0.2, 0) is 13.1 Å². The largest absolute Gasteiger partial charge is 0.364 e. The zero-order valence-corrected chi connectivity index (χ0v) is 31.5. The number of pyridine rings is 4. The molecule has 9 heteroatoms. The van der Waals surface area contributed by atoms with Crippen molar-refractivity contribution in [3.05, 3.63) is 184 Å². The summed E-state index contributed by atoms with van der Waals surface area (Å²) in [5, 5.41) is 9.04. The summed E-state index contributed by atoms with van der Waals surface area (Å²) in [4.78, 5) is 17.2. The minimum atomic E-state index is 0.449. The first-order valence-electron chi connectivity index (χ1n) is 17.0. The molecular formula is C44H37Cl3N6. The number of anilines is 1.